The van der Waals surface area contributed by atoms with Crippen molar-refractivity contribution in [3.63, 3.8) is 0 Å². The number of hydrogen-bond acceptors (Lipinski definition) is 5. The third-order valence-corrected chi connectivity index (χ3v) is 4.67. The van der Waals surface area contributed by atoms with Gasteiger partial charge in [-0.1, -0.05) is 17.7 Å². The van der Waals surface area contributed by atoms with Crippen molar-refractivity contribution in [2.45, 2.75) is 18.9 Å². The first-order chi connectivity index (χ1) is 12.8. The molecule has 1 aromatic carbocycles. The van der Waals surface area contributed by atoms with Gasteiger partial charge in [-0.3, -0.25) is 9.59 Å². The molecule has 0 aliphatic carbocycles. The van der Waals surface area contributed by atoms with E-state index in [0.717, 1.165) is 0 Å². The topological polar surface area (TPSA) is 108 Å². The largest absolute Gasteiger partial charge is 0.496 e. The van der Waals surface area contributed by atoms with Gasteiger partial charge in [0.25, 0.3) is 11.8 Å². The van der Waals surface area contributed by atoms with Crippen LogP contribution in [0.1, 0.15) is 23.7 Å². The van der Waals surface area contributed by atoms with Crippen LogP contribution in [0.5, 0.6) is 5.75 Å². The molecule has 2 aliphatic heterocycles. The van der Waals surface area contributed by atoms with Crippen molar-refractivity contribution < 1.29 is 24.2 Å². The molecule has 2 amide bonds. The molecule has 0 spiro atoms. The van der Waals surface area contributed by atoms with E-state index < -0.39 is 23.3 Å². The number of nitrogens with one attached hydrogen (secondary N) is 1. The monoisotopic (exact) mass is 389 g/mol. The normalized spacial score (nSPS) is 20.8. The number of methoxy groups -OCH3 is 1. The van der Waals surface area contributed by atoms with Crippen LogP contribution in [-0.4, -0.2) is 46.3 Å². The minimum absolute atomic E-state index is 0.0373. The Morgan fingerprint density at radius 1 is 1.37 bits per heavy atom. The molecule has 1 atom stereocenters. The summed E-state index contributed by atoms with van der Waals surface area (Å²) in [5.74, 6) is -1.69. The number of aliphatic imine (C=N–C) groups is 1. The van der Waals surface area contributed by atoms with Crippen LogP contribution in [0.25, 0.3) is 0 Å². The van der Waals surface area contributed by atoms with Crippen LogP contribution < -0.4 is 10.1 Å². The molecule has 140 valence electrons. The minimum atomic E-state index is -1.22. The average Bonchev–Trinajstić information content (AvgIpc) is 2.62. The molecule has 0 saturated carbocycles. The van der Waals surface area contributed by atoms with Gasteiger partial charge in [0.05, 0.1) is 24.2 Å². The molecule has 2 N–H and O–H groups in total. The van der Waals surface area contributed by atoms with E-state index in [1.165, 1.54) is 19.2 Å². The highest BCUT2D eigenvalue weighted by Crippen LogP contribution is 2.34. The number of amidine groups is 1. The third-order valence-electron chi connectivity index (χ3n) is 4.36. The lowest BCUT2D eigenvalue weighted by atomic mass is 9.91. The van der Waals surface area contributed by atoms with Gasteiger partial charge in [-0.05, 0) is 25.1 Å². The fourth-order valence-electron chi connectivity index (χ4n) is 2.92. The number of aromatic carboxylic acids is 1. The fourth-order valence-corrected chi connectivity index (χ4v) is 3.13. The predicted octanol–water partition coefficient (Wildman–Crippen LogP) is 2.46. The summed E-state index contributed by atoms with van der Waals surface area (Å²) in [5.41, 5.74) is -1.17. The quantitative estimate of drug-likeness (QED) is 0.818. The molecule has 1 unspecified atom stereocenters. The molecule has 0 aromatic heterocycles. The van der Waals surface area contributed by atoms with E-state index in [-0.39, 0.29) is 28.4 Å². The van der Waals surface area contributed by atoms with Crippen LogP contribution in [0.3, 0.4) is 0 Å². The van der Waals surface area contributed by atoms with Gasteiger partial charge in [-0.25, -0.2) is 4.79 Å². The Morgan fingerprint density at radius 2 is 2.11 bits per heavy atom. The molecular weight excluding hydrogens is 374 g/mol. The van der Waals surface area contributed by atoms with E-state index in [4.69, 9.17) is 16.3 Å². The summed E-state index contributed by atoms with van der Waals surface area (Å²) >= 11 is 6.13. The first-order valence-electron chi connectivity index (χ1n) is 7.94. The number of carbonyl (C=O) groups is 3. The zero-order valence-corrected chi connectivity index (χ0v) is 15.3. The van der Waals surface area contributed by atoms with Gasteiger partial charge in [0.1, 0.15) is 22.7 Å². The van der Waals surface area contributed by atoms with Crippen molar-refractivity contribution in [1.82, 2.24) is 4.90 Å². The number of ether oxygens (including phenoxy) is 1. The second kappa shape index (κ2) is 6.88. The highest BCUT2D eigenvalue weighted by Gasteiger charge is 2.45. The summed E-state index contributed by atoms with van der Waals surface area (Å²) in [4.78, 5) is 41.9. The Balaban J connectivity index is 1.94. The van der Waals surface area contributed by atoms with E-state index in [0.29, 0.717) is 5.84 Å². The maximum Gasteiger partial charge on any atom is 0.339 e. The Hall–Kier alpha value is -3.13. The number of rotatable bonds is 4. The van der Waals surface area contributed by atoms with E-state index in [9.17, 15) is 19.5 Å². The number of halogens is 1. The van der Waals surface area contributed by atoms with Gasteiger partial charge in [-0.15, -0.1) is 0 Å². The molecule has 8 nitrogen and oxygen atoms in total. The Labute approximate surface area is 159 Å². The van der Waals surface area contributed by atoms with Crippen molar-refractivity contribution >= 4 is 40.9 Å². The highest BCUT2D eigenvalue weighted by molar-refractivity contribution is 6.34. The zero-order valence-electron chi connectivity index (χ0n) is 14.5. The van der Waals surface area contributed by atoms with Gasteiger partial charge >= 0.3 is 5.97 Å². The van der Waals surface area contributed by atoms with Gasteiger partial charge in [0.15, 0.2) is 0 Å². The molecule has 0 fully saturated rings. The lowest BCUT2D eigenvalue weighted by Gasteiger charge is -2.41. The van der Waals surface area contributed by atoms with Crippen LogP contribution in [0, 0.1) is 0 Å². The van der Waals surface area contributed by atoms with Gasteiger partial charge in [0, 0.05) is 12.3 Å². The summed E-state index contributed by atoms with van der Waals surface area (Å²) in [5, 5.41) is 11.9. The number of carboxylic acids is 1. The summed E-state index contributed by atoms with van der Waals surface area (Å²) in [7, 11) is 1.32. The van der Waals surface area contributed by atoms with Gasteiger partial charge in [-0.2, -0.15) is 4.99 Å². The number of nitrogens with zero attached hydrogens (tertiary/aromatic N) is 2. The number of fused-ring (bicyclic) bond motifs is 1. The maximum absolute atomic E-state index is 13.0. The van der Waals surface area contributed by atoms with Crippen LogP contribution >= 0.6 is 11.6 Å². The second-order valence-corrected chi connectivity index (χ2v) is 6.58. The smallest absolute Gasteiger partial charge is 0.339 e. The number of benzene rings is 1. The summed E-state index contributed by atoms with van der Waals surface area (Å²) in [6.07, 6.45) is 6.64. The van der Waals surface area contributed by atoms with E-state index in [1.54, 1.807) is 36.3 Å². The van der Waals surface area contributed by atoms with Crippen LogP contribution in [0.4, 0.5) is 5.69 Å². The van der Waals surface area contributed by atoms with E-state index >= 15 is 0 Å². The van der Waals surface area contributed by atoms with Crippen molar-refractivity contribution in [3.05, 3.63) is 47.1 Å². The molecule has 1 aromatic rings. The molecule has 2 heterocycles. The zero-order chi connectivity index (χ0) is 19.8. The molecular formula is C18H16ClN3O5. The number of allylic oxidation sites excluding steroid dienone is 2. The fraction of sp³-hybridized carbons (Fsp3) is 0.222. The molecule has 0 saturated heterocycles. The van der Waals surface area contributed by atoms with Crippen LogP contribution in [0.2, 0.25) is 5.02 Å². The van der Waals surface area contributed by atoms with Crippen LogP contribution in [0.15, 0.2) is 41.6 Å². The average molecular weight is 390 g/mol. The number of carboxylic acid groups (broad SMARTS) is 1. The molecule has 0 bridgehead atoms. The number of anilines is 1. The number of hydrogen-bond donors (Lipinski definition) is 2. The van der Waals surface area contributed by atoms with Crippen molar-refractivity contribution in [2.24, 2.45) is 4.99 Å². The molecule has 2 aliphatic rings. The third kappa shape index (κ3) is 3.31. The Bertz CT molecular complexity index is 937. The lowest BCUT2D eigenvalue weighted by Crippen LogP contribution is -2.58. The van der Waals surface area contributed by atoms with E-state index in [1.807, 2.05) is 0 Å². The first kappa shape index (κ1) is 18.7. The SMILES string of the molecule is COc1cc(NC(=O)C2(C)CC(=O)N=C3C=CC=CN32)c(Cl)cc1C(=O)O. The minimum Gasteiger partial charge on any atom is -0.496 e. The van der Waals surface area contributed by atoms with Crippen molar-refractivity contribution in [1.29, 1.82) is 0 Å². The van der Waals surface area contributed by atoms with E-state index in [2.05, 4.69) is 10.3 Å². The molecule has 27 heavy (non-hydrogen) atoms. The molecule has 0 radical (unpaired) electrons. The van der Waals surface area contributed by atoms with Gasteiger partial charge < -0.3 is 20.1 Å². The summed E-state index contributed by atoms with van der Waals surface area (Å²) < 4.78 is 5.06. The molecule has 3 rings (SSSR count). The predicted molar refractivity (Wildman–Crippen MR) is 99.2 cm³/mol. The van der Waals surface area contributed by atoms with Crippen LogP contribution in [-0.2, 0) is 9.59 Å². The van der Waals surface area contributed by atoms with Gasteiger partial charge in [0.2, 0.25) is 0 Å². The standard InChI is InChI=1S/C18H16ClN3O5/c1-18(9-15(23)21-14-5-3-4-6-22(14)18)17(26)20-12-8-13(27-2)10(16(24)25)7-11(12)19/h3-8H,9H2,1-2H3,(H,20,26)(H,24,25). The first-order valence-corrected chi connectivity index (χ1v) is 8.32. The number of carbonyl (C=O) groups excluding carboxylic acids is 2. The Kier molecular flexibility index (Phi) is 4.75. The summed E-state index contributed by atoms with van der Waals surface area (Å²) in [6, 6.07) is 2.53. The highest BCUT2D eigenvalue weighted by atomic mass is 35.5. The lowest BCUT2D eigenvalue weighted by molar-refractivity contribution is -0.130. The summed E-state index contributed by atoms with van der Waals surface area (Å²) in [6.45, 7) is 1.62. The van der Waals surface area contributed by atoms with Crippen molar-refractivity contribution in [2.75, 3.05) is 12.4 Å². The maximum atomic E-state index is 13.0. The van der Waals surface area contributed by atoms with Crippen molar-refractivity contribution in [3.8, 4) is 5.75 Å². The Morgan fingerprint density at radius 3 is 2.78 bits per heavy atom. The number of amides is 2. The second-order valence-electron chi connectivity index (χ2n) is 6.18. The molecule has 9 heteroatoms.